The highest BCUT2D eigenvalue weighted by molar-refractivity contribution is 5.71. The van der Waals surface area contributed by atoms with Crippen molar-refractivity contribution in [1.29, 1.82) is 0 Å². The van der Waals surface area contributed by atoms with Crippen LogP contribution in [0.2, 0.25) is 0 Å². The molecule has 0 heterocycles. The Morgan fingerprint density at radius 1 is 0.333 bits per heavy atom. The third-order valence-corrected chi connectivity index (χ3v) is 11.5. The Morgan fingerprint density at radius 3 is 1.03 bits per heavy atom. The molecule has 63 heavy (non-hydrogen) atoms. The monoisotopic (exact) mass is 881 g/mol. The molecule has 6 nitrogen and oxygen atoms in total. The summed E-state index contributed by atoms with van der Waals surface area (Å²) >= 11 is 0. The highest BCUT2D eigenvalue weighted by atomic mass is 16.6. The highest BCUT2D eigenvalue weighted by Gasteiger charge is 2.19. The van der Waals surface area contributed by atoms with Gasteiger partial charge in [0.05, 0.1) is 0 Å². The van der Waals surface area contributed by atoms with Crippen molar-refractivity contribution in [3.05, 3.63) is 60.8 Å². The molecule has 0 aromatic rings. The summed E-state index contributed by atoms with van der Waals surface area (Å²) in [4.78, 5) is 37.7. The molecule has 0 saturated heterocycles. The van der Waals surface area contributed by atoms with Crippen molar-refractivity contribution in [3.63, 3.8) is 0 Å². The first-order valence-corrected chi connectivity index (χ1v) is 26.8. The van der Waals surface area contributed by atoms with Crippen LogP contribution in [0.4, 0.5) is 0 Å². The van der Waals surface area contributed by atoms with E-state index in [0.29, 0.717) is 19.3 Å². The van der Waals surface area contributed by atoms with E-state index < -0.39 is 6.10 Å². The summed E-state index contributed by atoms with van der Waals surface area (Å²) in [5.74, 6) is -0.888. The summed E-state index contributed by atoms with van der Waals surface area (Å²) in [6, 6.07) is 0. The minimum atomic E-state index is -0.772. The van der Waals surface area contributed by atoms with Gasteiger partial charge in [0.25, 0.3) is 0 Å². The van der Waals surface area contributed by atoms with Crippen molar-refractivity contribution in [2.24, 2.45) is 0 Å². The zero-order valence-corrected chi connectivity index (χ0v) is 41.6. The van der Waals surface area contributed by atoms with Gasteiger partial charge in [0.15, 0.2) is 6.10 Å². The Hall–Kier alpha value is -2.89. The molecule has 0 aliphatic rings. The van der Waals surface area contributed by atoms with Crippen LogP contribution in [0.25, 0.3) is 0 Å². The number of carbonyl (C=O) groups excluding carboxylic acids is 3. The molecule has 1 atom stereocenters. The van der Waals surface area contributed by atoms with Gasteiger partial charge >= 0.3 is 17.9 Å². The van der Waals surface area contributed by atoms with Crippen LogP contribution in [0.5, 0.6) is 0 Å². The van der Waals surface area contributed by atoms with Gasteiger partial charge in [-0.1, -0.05) is 229 Å². The number of rotatable bonds is 48. The molecule has 0 rings (SSSR count). The van der Waals surface area contributed by atoms with E-state index in [-0.39, 0.29) is 31.1 Å². The first-order chi connectivity index (χ1) is 31.0. The largest absolute Gasteiger partial charge is 0.462 e. The lowest BCUT2D eigenvalue weighted by atomic mass is 10.0. The predicted octanol–water partition coefficient (Wildman–Crippen LogP) is 17.6. The first-order valence-electron chi connectivity index (χ1n) is 26.8. The van der Waals surface area contributed by atoms with E-state index in [1.165, 1.54) is 128 Å². The summed E-state index contributed by atoms with van der Waals surface area (Å²) < 4.78 is 16.7. The second-order valence-corrected chi connectivity index (χ2v) is 17.8. The summed E-state index contributed by atoms with van der Waals surface area (Å²) in [5, 5.41) is 0. The van der Waals surface area contributed by atoms with Crippen LogP contribution in [-0.4, -0.2) is 37.2 Å². The molecule has 0 aromatic heterocycles. The van der Waals surface area contributed by atoms with E-state index in [9.17, 15) is 14.4 Å². The molecule has 364 valence electrons. The fraction of sp³-hybridized carbons (Fsp3) is 0.772. The van der Waals surface area contributed by atoms with Crippen molar-refractivity contribution in [2.75, 3.05) is 13.2 Å². The van der Waals surface area contributed by atoms with Crippen LogP contribution in [0, 0.1) is 0 Å². The van der Waals surface area contributed by atoms with Gasteiger partial charge in [-0.15, -0.1) is 0 Å². The standard InChI is InChI=1S/C57H100O6/c1-4-7-10-13-16-18-20-21-22-23-24-25-26-27-28-29-30-31-32-33-34-35-37-38-41-44-47-50-56(59)62-53-54(52-61-55(58)49-46-43-40-15-12-9-6-3)63-57(60)51-48-45-42-39-36-19-17-14-11-8-5-2/h7,10,14,16-18,21-22,24-25,54H,4-6,8-9,11-13,15,19-20,23,26-53H2,1-3H3/b10-7-,17-14-,18-16-,22-21-,25-24-. The average molecular weight is 881 g/mol. The van der Waals surface area contributed by atoms with Crippen LogP contribution in [0.1, 0.15) is 265 Å². The third-order valence-electron chi connectivity index (χ3n) is 11.5. The number of hydrogen-bond donors (Lipinski definition) is 0. The molecule has 6 heteroatoms. The molecule has 0 bridgehead atoms. The Bertz CT molecular complexity index is 1150. The molecule has 0 fully saturated rings. The molecular weight excluding hydrogens is 781 g/mol. The van der Waals surface area contributed by atoms with Crippen LogP contribution < -0.4 is 0 Å². The SMILES string of the molecule is CC/C=C\C/C=C\C/C=C\C/C=C\CCCCCCCCCCCCCCCCC(=O)OCC(COC(=O)CCCCCCCCC)OC(=O)CCCCCCC/C=C\CCCC. The van der Waals surface area contributed by atoms with Crippen molar-refractivity contribution >= 4 is 17.9 Å². The maximum atomic E-state index is 12.7. The Kier molecular flexibility index (Phi) is 49.4. The van der Waals surface area contributed by atoms with Crippen LogP contribution >= 0.6 is 0 Å². The quantitative estimate of drug-likeness (QED) is 0.0262. The first kappa shape index (κ1) is 60.1. The zero-order valence-electron chi connectivity index (χ0n) is 41.6. The molecular formula is C57H100O6. The van der Waals surface area contributed by atoms with Gasteiger partial charge in [0, 0.05) is 19.3 Å². The topological polar surface area (TPSA) is 78.9 Å². The van der Waals surface area contributed by atoms with Gasteiger partial charge in [-0.25, -0.2) is 0 Å². The Morgan fingerprint density at radius 2 is 0.635 bits per heavy atom. The molecule has 0 amide bonds. The van der Waals surface area contributed by atoms with Gasteiger partial charge in [0.2, 0.25) is 0 Å². The molecule has 0 aromatic carbocycles. The van der Waals surface area contributed by atoms with E-state index in [1.54, 1.807) is 0 Å². The second-order valence-electron chi connectivity index (χ2n) is 17.8. The minimum Gasteiger partial charge on any atom is -0.462 e. The van der Waals surface area contributed by atoms with Gasteiger partial charge < -0.3 is 14.2 Å². The van der Waals surface area contributed by atoms with E-state index >= 15 is 0 Å². The predicted molar refractivity (Wildman–Crippen MR) is 270 cm³/mol. The van der Waals surface area contributed by atoms with Gasteiger partial charge in [-0.05, 0) is 77.0 Å². The number of carbonyl (C=O) groups is 3. The number of ether oxygens (including phenoxy) is 3. The summed E-state index contributed by atoms with van der Waals surface area (Å²) in [6.07, 6.45) is 63.8. The minimum absolute atomic E-state index is 0.0755. The number of allylic oxidation sites excluding steroid dienone is 10. The second kappa shape index (κ2) is 51.7. The lowest BCUT2D eigenvalue weighted by Crippen LogP contribution is -2.30. The maximum absolute atomic E-state index is 12.7. The molecule has 0 spiro atoms. The fourth-order valence-electron chi connectivity index (χ4n) is 7.47. The third kappa shape index (κ3) is 50.0. The highest BCUT2D eigenvalue weighted by Crippen LogP contribution is 2.15. The van der Waals surface area contributed by atoms with Gasteiger partial charge in [-0.2, -0.15) is 0 Å². The zero-order chi connectivity index (χ0) is 45.8. The smallest absolute Gasteiger partial charge is 0.306 e. The van der Waals surface area contributed by atoms with E-state index in [1.807, 2.05) is 0 Å². The molecule has 1 unspecified atom stereocenters. The lowest BCUT2D eigenvalue weighted by molar-refractivity contribution is -0.167. The van der Waals surface area contributed by atoms with E-state index in [4.69, 9.17) is 14.2 Å². The summed E-state index contributed by atoms with van der Waals surface area (Å²) in [5.41, 5.74) is 0. The Labute approximate surface area is 390 Å². The summed E-state index contributed by atoms with van der Waals surface area (Å²) in [6.45, 7) is 6.44. The van der Waals surface area contributed by atoms with Crippen LogP contribution in [0.3, 0.4) is 0 Å². The molecule has 0 aliphatic carbocycles. The fourth-order valence-corrected chi connectivity index (χ4v) is 7.47. The van der Waals surface area contributed by atoms with Crippen LogP contribution in [0.15, 0.2) is 60.8 Å². The van der Waals surface area contributed by atoms with E-state index in [0.717, 1.165) is 96.3 Å². The van der Waals surface area contributed by atoms with Crippen molar-refractivity contribution in [3.8, 4) is 0 Å². The van der Waals surface area contributed by atoms with Gasteiger partial charge in [-0.3, -0.25) is 14.4 Å². The van der Waals surface area contributed by atoms with Crippen molar-refractivity contribution in [2.45, 2.75) is 271 Å². The molecule has 0 radical (unpaired) electrons. The van der Waals surface area contributed by atoms with E-state index in [2.05, 4.69) is 81.5 Å². The average Bonchev–Trinajstić information content (AvgIpc) is 3.28. The van der Waals surface area contributed by atoms with Crippen LogP contribution in [-0.2, 0) is 28.6 Å². The molecule has 0 saturated carbocycles. The summed E-state index contributed by atoms with van der Waals surface area (Å²) in [7, 11) is 0. The van der Waals surface area contributed by atoms with Gasteiger partial charge in [0.1, 0.15) is 13.2 Å². The lowest BCUT2D eigenvalue weighted by Gasteiger charge is -2.18. The number of hydrogen-bond acceptors (Lipinski definition) is 6. The Balaban J connectivity index is 4.06. The number of esters is 3. The molecule has 0 aliphatic heterocycles. The van der Waals surface area contributed by atoms with Crippen molar-refractivity contribution in [1.82, 2.24) is 0 Å². The maximum Gasteiger partial charge on any atom is 0.306 e. The van der Waals surface area contributed by atoms with Crippen molar-refractivity contribution < 1.29 is 28.6 Å². The normalized spacial score (nSPS) is 12.5. The molecule has 0 N–H and O–H groups in total. The number of unbranched alkanes of at least 4 members (excludes halogenated alkanes) is 27.